The Morgan fingerprint density at radius 3 is 2.12 bits per heavy atom. The van der Waals surface area contributed by atoms with E-state index in [0.29, 0.717) is 5.92 Å². The topological polar surface area (TPSA) is 21.7 Å². The quantitative estimate of drug-likeness (QED) is 0.582. The van der Waals surface area contributed by atoms with Crippen LogP contribution >= 0.6 is 0 Å². The van der Waals surface area contributed by atoms with E-state index in [-0.39, 0.29) is 5.79 Å². The van der Waals surface area contributed by atoms with Gasteiger partial charge in [0.2, 0.25) is 0 Å². The van der Waals surface area contributed by atoms with E-state index in [0.717, 1.165) is 26.1 Å². The normalized spacial score (nSPS) is 25.8. The van der Waals surface area contributed by atoms with Crippen molar-refractivity contribution in [1.29, 1.82) is 0 Å². The molecule has 2 aromatic rings. The third-order valence-corrected chi connectivity index (χ3v) is 17.9. The number of allylic oxidation sites excluding steroid dienone is 1. The Kier molecular flexibility index (Phi) is 5.73. The van der Waals surface area contributed by atoms with Gasteiger partial charge in [0, 0.05) is 12.3 Å². The molecular formula is C27H37NO2Si2. The number of rotatable bonds is 4. The molecule has 170 valence electrons. The van der Waals surface area contributed by atoms with Gasteiger partial charge in [0.15, 0.2) is 22.3 Å². The fourth-order valence-electron chi connectivity index (χ4n) is 6.44. The summed E-state index contributed by atoms with van der Waals surface area (Å²) in [6.07, 6.45) is 8.30. The molecule has 2 fully saturated rings. The summed E-state index contributed by atoms with van der Waals surface area (Å²) in [7, 11) is -3.54. The van der Waals surface area contributed by atoms with Crippen molar-refractivity contribution in [3.8, 4) is 0 Å². The molecule has 1 spiro atoms. The zero-order valence-corrected chi connectivity index (χ0v) is 22.1. The van der Waals surface area contributed by atoms with Gasteiger partial charge in [-0.3, -0.25) is 0 Å². The Bertz CT molecular complexity index is 961. The van der Waals surface area contributed by atoms with E-state index in [1.54, 1.807) is 10.4 Å². The lowest BCUT2D eigenvalue weighted by Crippen LogP contribution is -2.57. The summed E-state index contributed by atoms with van der Waals surface area (Å²) in [6.45, 7) is 11.6. The first kappa shape index (κ1) is 22.1. The van der Waals surface area contributed by atoms with Crippen molar-refractivity contribution in [1.82, 2.24) is 4.23 Å². The third kappa shape index (κ3) is 3.63. The standard InChI is InChI=1S/C27H37NO2Si2/c1-31(2)25-15-8-9-16-26(25)32(3,4)28(31)21-23(22-12-6-5-7-13-22)20-24-14-10-11-17-27(24)29-18-19-30-27/h5-9,12-13,15-16,21,24H,10-11,14,17-20H2,1-4H3/b23-21+. The maximum Gasteiger partial charge on any atom is 0.173 e. The zero-order chi connectivity index (χ0) is 22.4. The van der Waals surface area contributed by atoms with Gasteiger partial charge in [0.25, 0.3) is 0 Å². The van der Waals surface area contributed by atoms with Crippen LogP contribution in [0.15, 0.2) is 60.8 Å². The Morgan fingerprint density at radius 2 is 1.50 bits per heavy atom. The summed E-state index contributed by atoms with van der Waals surface area (Å²) in [5.74, 6) is 0.0599. The molecule has 0 radical (unpaired) electrons. The largest absolute Gasteiger partial charge is 0.423 e. The van der Waals surface area contributed by atoms with Crippen molar-refractivity contribution >= 4 is 32.4 Å². The van der Waals surface area contributed by atoms with Crippen LogP contribution in [0.4, 0.5) is 0 Å². The number of benzene rings is 2. The molecule has 0 bridgehead atoms. The zero-order valence-electron chi connectivity index (χ0n) is 20.1. The van der Waals surface area contributed by atoms with Gasteiger partial charge < -0.3 is 13.7 Å². The smallest absolute Gasteiger partial charge is 0.173 e. The first-order valence-electron chi connectivity index (χ1n) is 12.3. The number of ether oxygens (including phenoxy) is 2. The van der Waals surface area contributed by atoms with Crippen LogP contribution in [0.3, 0.4) is 0 Å². The lowest BCUT2D eigenvalue weighted by atomic mass is 9.78. The maximum atomic E-state index is 6.29. The van der Waals surface area contributed by atoms with Crippen molar-refractivity contribution in [2.24, 2.45) is 5.92 Å². The minimum absolute atomic E-state index is 0.361. The van der Waals surface area contributed by atoms with E-state index in [1.807, 2.05) is 0 Å². The lowest BCUT2D eigenvalue weighted by molar-refractivity contribution is -0.211. The summed E-state index contributed by atoms with van der Waals surface area (Å²) in [5.41, 5.74) is 2.79. The summed E-state index contributed by atoms with van der Waals surface area (Å²) >= 11 is 0. The second kappa shape index (κ2) is 8.28. The number of hydrogen-bond acceptors (Lipinski definition) is 3. The van der Waals surface area contributed by atoms with Crippen LogP contribution < -0.4 is 10.4 Å². The molecule has 0 aromatic heterocycles. The summed E-state index contributed by atoms with van der Waals surface area (Å²) in [6, 6.07) is 20.3. The fraction of sp³-hybridized carbons (Fsp3) is 0.481. The van der Waals surface area contributed by atoms with E-state index in [1.165, 1.54) is 30.4 Å². The van der Waals surface area contributed by atoms with Crippen LogP contribution in [0, 0.1) is 5.92 Å². The second-order valence-corrected chi connectivity index (χ2v) is 19.4. The van der Waals surface area contributed by atoms with Crippen molar-refractivity contribution in [3.63, 3.8) is 0 Å². The van der Waals surface area contributed by atoms with Gasteiger partial charge in [0.05, 0.1) is 13.2 Å². The molecule has 2 heterocycles. The van der Waals surface area contributed by atoms with Gasteiger partial charge in [-0.15, -0.1) is 0 Å². The molecule has 3 nitrogen and oxygen atoms in total. The Balaban J connectivity index is 1.56. The molecule has 3 aliphatic rings. The number of nitrogens with zero attached hydrogens (tertiary/aromatic N) is 1. The van der Waals surface area contributed by atoms with Crippen LogP contribution in [0.25, 0.3) is 5.57 Å². The Labute approximate surface area is 195 Å². The maximum absolute atomic E-state index is 6.29. The van der Waals surface area contributed by atoms with Crippen molar-refractivity contribution < 1.29 is 9.47 Å². The molecule has 1 saturated carbocycles. The molecule has 32 heavy (non-hydrogen) atoms. The predicted molar refractivity (Wildman–Crippen MR) is 138 cm³/mol. The molecule has 1 aliphatic carbocycles. The SMILES string of the molecule is C[Si]1(C)c2ccccc2[Si](C)(C)N1/C=C(\CC1CCCCC12OCCO2)c1ccccc1. The van der Waals surface area contributed by atoms with Crippen molar-refractivity contribution in [2.45, 2.75) is 64.1 Å². The minimum Gasteiger partial charge on any atom is -0.423 e. The molecule has 1 atom stereocenters. The van der Waals surface area contributed by atoms with Gasteiger partial charge in [-0.1, -0.05) is 61.0 Å². The van der Waals surface area contributed by atoms with E-state index < -0.39 is 16.5 Å². The number of hydrogen-bond donors (Lipinski definition) is 0. The van der Waals surface area contributed by atoms with Crippen molar-refractivity contribution in [2.75, 3.05) is 13.2 Å². The van der Waals surface area contributed by atoms with Gasteiger partial charge >= 0.3 is 0 Å². The van der Waals surface area contributed by atoms with E-state index >= 15 is 0 Å². The van der Waals surface area contributed by atoms with Gasteiger partial charge in [-0.25, -0.2) is 0 Å². The van der Waals surface area contributed by atoms with Crippen LogP contribution in [-0.2, 0) is 9.47 Å². The molecule has 1 saturated heterocycles. The molecule has 0 amide bonds. The van der Waals surface area contributed by atoms with Crippen LogP contribution in [0.5, 0.6) is 0 Å². The average Bonchev–Trinajstić information content (AvgIpc) is 3.32. The first-order valence-corrected chi connectivity index (χ1v) is 18.2. The van der Waals surface area contributed by atoms with Crippen molar-refractivity contribution in [3.05, 3.63) is 66.4 Å². The van der Waals surface area contributed by atoms with Crippen LogP contribution in [0.2, 0.25) is 26.2 Å². The van der Waals surface area contributed by atoms with Crippen LogP contribution in [-0.4, -0.2) is 39.7 Å². The van der Waals surface area contributed by atoms with E-state index in [2.05, 4.69) is 91.2 Å². The molecule has 5 heteroatoms. The third-order valence-electron chi connectivity index (χ3n) is 8.07. The average molecular weight is 464 g/mol. The molecule has 0 N–H and O–H groups in total. The highest BCUT2D eigenvalue weighted by atomic mass is 28.4. The molecule has 1 unspecified atom stereocenters. The highest BCUT2D eigenvalue weighted by Crippen LogP contribution is 2.45. The molecule has 5 rings (SSSR count). The van der Waals surface area contributed by atoms with Gasteiger partial charge in [0.1, 0.15) is 0 Å². The van der Waals surface area contributed by atoms with Gasteiger partial charge in [-0.2, -0.15) is 0 Å². The molecular weight excluding hydrogens is 426 g/mol. The Hall–Kier alpha value is -1.67. The van der Waals surface area contributed by atoms with E-state index in [9.17, 15) is 0 Å². The summed E-state index contributed by atoms with van der Waals surface area (Å²) in [5, 5.41) is 3.24. The predicted octanol–water partition coefficient (Wildman–Crippen LogP) is 5.19. The molecule has 2 aromatic carbocycles. The first-order chi connectivity index (χ1) is 15.3. The highest BCUT2D eigenvalue weighted by molar-refractivity contribution is 7.10. The van der Waals surface area contributed by atoms with Crippen LogP contribution in [0.1, 0.15) is 37.7 Å². The lowest BCUT2D eigenvalue weighted by Gasteiger charge is -2.42. The molecule has 2 aliphatic heterocycles. The second-order valence-electron chi connectivity index (χ2n) is 10.7. The fourth-order valence-corrected chi connectivity index (χ4v) is 18.6. The minimum atomic E-state index is -1.77. The monoisotopic (exact) mass is 463 g/mol. The van der Waals surface area contributed by atoms with Gasteiger partial charge in [-0.05, 0) is 73.2 Å². The number of fused-ring (bicyclic) bond motifs is 1. The summed E-state index contributed by atoms with van der Waals surface area (Å²) in [4.78, 5) is 0. The Morgan fingerprint density at radius 1 is 0.906 bits per heavy atom. The van der Waals surface area contributed by atoms with E-state index in [4.69, 9.17) is 9.47 Å². The highest BCUT2D eigenvalue weighted by Gasteiger charge is 2.51. The summed E-state index contributed by atoms with van der Waals surface area (Å²) < 4.78 is 15.4.